The Bertz CT molecular complexity index is 3120. The van der Waals surface area contributed by atoms with Crippen molar-refractivity contribution in [1.82, 2.24) is 0 Å². The van der Waals surface area contributed by atoms with Crippen LogP contribution in [0.1, 0.15) is 104 Å². The zero-order valence-electron chi connectivity index (χ0n) is 38.4. The van der Waals surface area contributed by atoms with Crippen molar-refractivity contribution in [2.45, 2.75) is 41.5 Å². The molecule has 0 atom stereocenters. The van der Waals surface area contributed by atoms with E-state index in [0.29, 0.717) is 43.7 Å². The molecule has 0 heterocycles. The second-order valence-corrected chi connectivity index (χ2v) is 15.6. The van der Waals surface area contributed by atoms with Gasteiger partial charge in [-0.2, -0.15) is 0 Å². The van der Waals surface area contributed by atoms with Crippen molar-refractivity contribution in [2.75, 3.05) is 0 Å². The van der Waals surface area contributed by atoms with Crippen molar-refractivity contribution in [3.8, 4) is 0 Å². The zero-order chi connectivity index (χ0) is 50.2. The highest BCUT2D eigenvalue weighted by Gasteiger charge is 2.04. The monoisotopic (exact) mass is 938 g/mol. The zero-order valence-corrected chi connectivity index (χ0v) is 39.9. The van der Waals surface area contributed by atoms with Crippen LogP contribution in [-0.4, -0.2) is 34.7 Å². The quantitative estimate of drug-likeness (QED) is 0.121. The van der Waals surface area contributed by atoms with Gasteiger partial charge in [0.15, 0.2) is 46.1 Å². The predicted molar refractivity (Wildman–Crippen MR) is 276 cm³/mol. The molecule has 68 heavy (non-hydrogen) atoms. The van der Waals surface area contributed by atoms with Crippen LogP contribution < -0.4 is 0 Å². The molecular weight excluding hydrogens is 892 g/mol. The minimum atomic E-state index is -0.00417. The van der Waals surface area contributed by atoms with Crippen LogP contribution in [0.25, 0.3) is 31.2 Å². The van der Waals surface area contributed by atoms with Crippen molar-refractivity contribution < 1.29 is 28.8 Å². The fraction of sp³-hybridized carbons (Fsp3) is 0.103. The number of hydrogen-bond acceptors (Lipinski definition) is 6. The molecule has 0 aliphatic heterocycles. The summed E-state index contributed by atoms with van der Waals surface area (Å²) in [5.41, 5.74) is 5.26. The summed E-state index contributed by atoms with van der Waals surface area (Å²) in [6.07, 6.45) is 0. The molecule has 0 amide bonds. The van der Waals surface area contributed by atoms with E-state index in [0.717, 1.165) is 27.3 Å². The van der Waals surface area contributed by atoms with Gasteiger partial charge in [0.1, 0.15) is 0 Å². The number of benzene rings is 8. The van der Waals surface area contributed by atoms with E-state index in [2.05, 4.69) is 9.69 Å². The lowest BCUT2D eigenvalue weighted by atomic mass is 10.0. The van der Waals surface area contributed by atoms with E-state index in [-0.39, 0.29) is 34.7 Å². The number of carbonyl (C=O) groups excluding carboxylic acids is 6. The Morgan fingerprint density at radius 1 is 0.338 bits per heavy atom. The van der Waals surface area contributed by atoms with Gasteiger partial charge in [0, 0.05) is 43.4 Å². The number of halogens is 2. The second kappa shape index (κ2) is 28.0. The summed E-state index contributed by atoms with van der Waals surface area (Å²) in [6.45, 7) is 22.6. The summed E-state index contributed by atoms with van der Waals surface area (Å²) in [7, 11) is 0. The largest absolute Gasteiger partial charge is 0.295 e. The van der Waals surface area contributed by atoms with Gasteiger partial charge in [-0.15, -0.1) is 0 Å². The van der Waals surface area contributed by atoms with E-state index in [4.69, 9.17) is 36.3 Å². The highest BCUT2D eigenvalue weighted by Crippen LogP contribution is 2.19. The van der Waals surface area contributed by atoms with Crippen LogP contribution in [0, 0.1) is 13.1 Å². The van der Waals surface area contributed by atoms with Crippen LogP contribution in [-0.2, 0) is 0 Å². The molecule has 340 valence electrons. The lowest BCUT2D eigenvalue weighted by Gasteiger charge is -2.01. The summed E-state index contributed by atoms with van der Waals surface area (Å²) in [6, 6.07) is 54.6. The van der Waals surface area contributed by atoms with Gasteiger partial charge in [-0.1, -0.05) is 157 Å². The molecule has 0 aromatic heterocycles. The molecule has 0 saturated carbocycles. The molecule has 8 rings (SSSR count). The van der Waals surface area contributed by atoms with Crippen molar-refractivity contribution >= 4 is 90.8 Å². The fourth-order valence-corrected chi connectivity index (χ4v) is 6.21. The number of ketones is 6. The van der Waals surface area contributed by atoms with E-state index >= 15 is 0 Å². The van der Waals surface area contributed by atoms with E-state index in [9.17, 15) is 28.8 Å². The number of carbonyl (C=O) groups is 6. The minimum absolute atomic E-state index is 0.00417. The minimum Gasteiger partial charge on any atom is -0.295 e. The maximum absolute atomic E-state index is 11.3. The molecule has 0 aliphatic rings. The SMILES string of the molecule is CC(=O)c1ccc(Cl)cc1.CC(=O)c1ccc2ccccc2c1.CC(=O)c1cccc(Cl)c1.CC(=O)c1cccc2ccccc12.[C-]#[N+]c1ccc(C(C)=O)cc1.[C-]#[N+]c1cccc(C(C)=O)c1. The van der Waals surface area contributed by atoms with E-state index in [1.807, 2.05) is 84.9 Å². The average molecular weight is 940 g/mol. The van der Waals surface area contributed by atoms with Crippen LogP contribution in [0.3, 0.4) is 0 Å². The van der Waals surface area contributed by atoms with Gasteiger partial charge in [0.25, 0.3) is 0 Å². The van der Waals surface area contributed by atoms with Gasteiger partial charge in [-0.3, -0.25) is 28.8 Å². The smallest absolute Gasteiger partial charge is 0.187 e. The summed E-state index contributed by atoms with van der Waals surface area (Å²) < 4.78 is 0. The van der Waals surface area contributed by atoms with Crippen LogP contribution in [0.15, 0.2) is 182 Å². The molecule has 10 heteroatoms. The van der Waals surface area contributed by atoms with Gasteiger partial charge < -0.3 is 0 Å². The van der Waals surface area contributed by atoms with Crippen LogP contribution in [0.4, 0.5) is 11.4 Å². The molecule has 0 aliphatic carbocycles. The Labute approximate surface area is 407 Å². The highest BCUT2D eigenvalue weighted by molar-refractivity contribution is 6.31. The Hall–Kier alpha value is -8.14. The van der Waals surface area contributed by atoms with Gasteiger partial charge in [-0.25, -0.2) is 9.69 Å². The first kappa shape index (κ1) is 54.2. The molecule has 8 aromatic carbocycles. The fourth-order valence-electron chi connectivity index (χ4n) is 5.90. The number of rotatable bonds is 6. The third-order valence-corrected chi connectivity index (χ3v) is 10.1. The molecule has 0 spiro atoms. The number of Topliss-reactive ketones (excluding diaryl/α,β-unsaturated/α-hetero) is 6. The molecule has 0 bridgehead atoms. The van der Waals surface area contributed by atoms with E-state index < -0.39 is 0 Å². The van der Waals surface area contributed by atoms with Crippen molar-refractivity contribution in [3.63, 3.8) is 0 Å². The second-order valence-electron chi connectivity index (χ2n) is 14.8. The van der Waals surface area contributed by atoms with Crippen molar-refractivity contribution in [1.29, 1.82) is 0 Å². The third kappa shape index (κ3) is 18.4. The number of fused-ring (bicyclic) bond motifs is 2. The Kier molecular flexibility index (Phi) is 22.3. The Morgan fingerprint density at radius 3 is 1.26 bits per heavy atom. The van der Waals surface area contributed by atoms with Crippen LogP contribution in [0.5, 0.6) is 0 Å². The number of nitrogens with zero attached hydrogens (tertiary/aromatic N) is 2. The van der Waals surface area contributed by atoms with Gasteiger partial charge >= 0.3 is 0 Å². The molecule has 8 aromatic rings. The Balaban J connectivity index is 0.000000217. The predicted octanol–water partition coefficient (Wildman–Crippen LogP) is 16.0. The molecule has 0 radical (unpaired) electrons. The normalized spacial score (nSPS) is 9.50. The standard InChI is InChI=1S/2C12H10O.2C9H7NO.2C8H7ClO/c1-9(13)11-8-4-6-10-5-2-3-7-12(10)11;1-9(13)11-7-6-10-4-2-3-5-12(10)8-11;1-7(11)8-3-5-9(10-2)6-4-8;1-7(11)8-4-3-5-9(6-8)10-2;1-6(10)7-2-4-8(9)5-3-7;1-6(10)7-3-2-4-8(9)5-7/h2*2-8H,1H3;2*3-6H,1H3;2*2-5H,1H3. The van der Waals surface area contributed by atoms with Crippen LogP contribution >= 0.6 is 23.2 Å². The van der Waals surface area contributed by atoms with Crippen molar-refractivity contribution in [3.05, 3.63) is 248 Å². The lowest BCUT2D eigenvalue weighted by Crippen LogP contribution is -1.92. The van der Waals surface area contributed by atoms with Gasteiger partial charge in [0.05, 0.1) is 13.1 Å². The summed E-state index contributed by atoms with van der Waals surface area (Å²) in [5.74, 6) is 0.374. The topological polar surface area (TPSA) is 111 Å². The summed E-state index contributed by atoms with van der Waals surface area (Å²) >= 11 is 11.2. The van der Waals surface area contributed by atoms with E-state index in [1.54, 1.807) is 111 Å². The lowest BCUT2D eigenvalue weighted by molar-refractivity contribution is 0.100. The average Bonchev–Trinajstić information content (AvgIpc) is 3.34. The molecule has 0 N–H and O–H groups in total. The number of hydrogen-bond donors (Lipinski definition) is 0. The molecular formula is C58H48Cl2N2O6. The first-order valence-electron chi connectivity index (χ1n) is 20.9. The summed E-state index contributed by atoms with van der Waals surface area (Å²) in [4.78, 5) is 71.8. The maximum Gasteiger partial charge on any atom is 0.187 e. The summed E-state index contributed by atoms with van der Waals surface area (Å²) in [5, 5.41) is 5.72. The van der Waals surface area contributed by atoms with Crippen LogP contribution in [0.2, 0.25) is 10.0 Å². The first-order chi connectivity index (χ1) is 32.4. The van der Waals surface area contributed by atoms with E-state index in [1.165, 1.54) is 33.1 Å². The van der Waals surface area contributed by atoms with Gasteiger partial charge in [0.2, 0.25) is 0 Å². The van der Waals surface area contributed by atoms with Gasteiger partial charge in [-0.05, 0) is 112 Å². The molecule has 0 fully saturated rings. The molecule has 8 nitrogen and oxygen atoms in total. The Morgan fingerprint density at radius 2 is 0.765 bits per heavy atom. The third-order valence-electron chi connectivity index (χ3n) is 9.59. The first-order valence-corrected chi connectivity index (χ1v) is 21.7. The van der Waals surface area contributed by atoms with Crippen molar-refractivity contribution in [2.24, 2.45) is 0 Å². The highest BCUT2D eigenvalue weighted by atomic mass is 35.5. The molecule has 0 unspecified atom stereocenters. The maximum atomic E-state index is 11.3. The molecule has 0 saturated heterocycles.